The molecule has 0 saturated heterocycles. The summed E-state index contributed by atoms with van der Waals surface area (Å²) >= 11 is 0. The summed E-state index contributed by atoms with van der Waals surface area (Å²) in [5.74, 6) is -1.01. The van der Waals surface area contributed by atoms with Gasteiger partial charge in [0.1, 0.15) is 11.6 Å². The van der Waals surface area contributed by atoms with E-state index in [1.807, 2.05) is 0 Å². The van der Waals surface area contributed by atoms with Crippen molar-refractivity contribution in [2.75, 3.05) is 19.8 Å². The van der Waals surface area contributed by atoms with Crippen LogP contribution in [0.3, 0.4) is 0 Å². The molecular weight excluding hydrogens is 366 g/mol. The van der Waals surface area contributed by atoms with Gasteiger partial charge in [-0.05, 0) is 56.2 Å². The van der Waals surface area contributed by atoms with E-state index in [9.17, 15) is 8.78 Å². The molecule has 0 unspecified atom stereocenters. The lowest BCUT2D eigenvalue weighted by Crippen LogP contribution is -2.46. The van der Waals surface area contributed by atoms with Crippen LogP contribution >= 0.6 is 0 Å². The highest BCUT2D eigenvalue weighted by atomic mass is 28.4. The summed E-state index contributed by atoms with van der Waals surface area (Å²) in [6, 6.07) is 4.58. The Morgan fingerprint density at radius 1 is 0.704 bits per heavy atom. The highest BCUT2D eigenvalue weighted by molar-refractivity contribution is 6.60. The van der Waals surface area contributed by atoms with Crippen LogP contribution in [0.25, 0.3) is 0 Å². The van der Waals surface area contributed by atoms with Gasteiger partial charge in [-0.15, -0.1) is 0 Å². The molecule has 0 amide bonds. The average Bonchev–Trinajstić information content (AvgIpc) is 2.64. The predicted molar refractivity (Wildman–Crippen MR) is 108 cm³/mol. The molecule has 0 radical (unpaired) electrons. The first-order valence-corrected chi connectivity index (χ1v) is 12.3. The quantitative estimate of drug-likeness (QED) is 0.240. The van der Waals surface area contributed by atoms with Crippen LogP contribution in [-0.2, 0) is 19.7 Å². The van der Waals surface area contributed by atoms with Crippen LogP contribution in [-0.4, -0.2) is 28.6 Å². The van der Waals surface area contributed by atoms with Gasteiger partial charge in [-0.1, -0.05) is 33.6 Å². The SMILES string of the molecule is CCCO[Si](CCCCCCc1cc(F)cc(F)c1)(OCCC)OCCC. The zero-order chi connectivity index (χ0) is 20.0. The maximum Gasteiger partial charge on any atom is 0.500 e. The van der Waals surface area contributed by atoms with Crippen LogP contribution in [0, 0.1) is 11.6 Å². The first-order valence-electron chi connectivity index (χ1n) is 10.4. The molecule has 3 nitrogen and oxygen atoms in total. The highest BCUT2D eigenvalue weighted by Gasteiger charge is 2.40. The van der Waals surface area contributed by atoms with Crippen molar-refractivity contribution in [3.05, 3.63) is 35.4 Å². The Labute approximate surface area is 164 Å². The number of benzene rings is 1. The summed E-state index contributed by atoms with van der Waals surface area (Å²) in [5, 5.41) is 0. The third kappa shape index (κ3) is 10.3. The largest absolute Gasteiger partial charge is 0.500 e. The molecule has 0 aliphatic carbocycles. The van der Waals surface area contributed by atoms with E-state index in [0.29, 0.717) is 26.2 Å². The van der Waals surface area contributed by atoms with Crippen LogP contribution < -0.4 is 0 Å². The number of halogens is 2. The van der Waals surface area contributed by atoms with Crippen LogP contribution in [0.4, 0.5) is 8.78 Å². The monoisotopic (exact) mass is 402 g/mol. The summed E-state index contributed by atoms with van der Waals surface area (Å²) in [4.78, 5) is 0. The van der Waals surface area contributed by atoms with Crippen molar-refractivity contribution in [1.82, 2.24) is 0 Å². The zero-order valence-corrected chi connectivity index (χ0v) is 18.2. The third-order valence-corrected chi connectivity index (χ3v) is 7.10. The van der Waals surface area contributed by atoms with Crippen LogP contribution in [0.15, 0.2) is 18.2 Å². The van der Waals surface area contributed by atoms with Gasteiger partial charge in [-0.3, -0.25) is 0 Å². The molecule has 0 spiro atoms. The van der Waals surface area contributed by atoms with E-state index < -0.39 is 20.4 Å². The Bertz CT molecular complexity index is 472. The predicted octanol–water partition coefficient (Wildman–Crippen LogP) is 6.29. The maximum atomic E-state index is 13.2. The summed E-state index contributed by atoms with van der Waals surface area (Å²) in [5.41, 5.74) is 0.722. The second-order valence-corrected chi connectivity index (χ2v) is 9.65. The van der Waals surface area contributed by atoms with Crippen LogP contribution in [0.2, 0.25) is 6.04 Å². The first kappa shape index (κ1) is 24.2. The fraction of sp³-hybridized carbons (Fsp3) is 0.714. The number of unbranched alkanes of at least 4 members (excludes halogenated alkanes) is 3. The lowest BCUT2D eigenvalue weighted by Gasteiger charge is -2.29. The van der Waals surface area contributed by atoms with E-state index in [0.717, 1.165) is 62.6 Å². The Kier molecular flexibility index (Phi) is 12.7. The molecule has 1 rings (SSSR count). The van der Waals surface area contributed by atoms with Crippen molar-refractivity contribution in [3.8, 4) is 0 Å². The van der Waals surface area contributed by atoms with E-state index >= 15 is 0 Å². The van der Waals surface area contributed by atoms with Gasteiger partial charge in [-0.25, -0.2) is 8.78 Å². The van der Waals surface area contributed by atoms with Gasteiger partial charge < -0.3 is 13.3 Å². The van der Waals surface area contributed by atoms with Gasteiger partial charge in [0.25, 0.3) is 0 Å². The van der Waals surface area contributed by atoms with E-state index in [1.54, 1.807) is 0 Å². The number of hydrogen-bond donors (Lipinski definition) is 0. The van der Waals surface area contributed by atoms with Gasteiger partial charge in [-0.2, -0.15) is 0 Å². The van der Waals surface area contributed by atoms with Gasteiger partial charge in [0.2, 0.25) is 0 Å². The second-order valence-electron chi connectivity index (χ2n) is 6.92. The molecule has 0 heterocycles. The van der Waals surface area contributed by atoms with Crippen molar-refractivity contribution >= 4 is 8.80 Å². The average molecular weight is 403 g/mol. The molecule has 1 aromatic carbocycles. The van der Waals surface area contributed by atoms with Crippen LogP contribution in [0.1, 0.15) is 71.3 Å². The first-order chi connectivity index (χ1) is 13.0. The topological polar surface area (TPSA) is 27.7 Å². The highest BCUT2D eigenvalue weighted by Crippen LogP contribution is 2.22. The lowest BCUT2D eigenvalue weighted by molar-refractivity contribution is 0.0586. The molecular formula is C21H36F2O3Si. The Hall–Kier alpha value is -0.823. The molecule has 0 N–H and O–H groups in total. The van der Waals surface area contributed by atoms with Gasteiger partial charge >= 0.3 is 8.80 Å². The molecule has 1 aromatic rings. The molecule has 0 bridgehead atoms. The molecule has 6 heteroatoms. The molecule has 0 saturated carbocycles. The molecule has 0 aromatic heterocycles. The number of aryl methyl sites for hydroxylation is 1. The molecule has 0 atom stereocenters. The van der Waals surface area contributed by atoms with Crippen molar-refractivity contribution in [2.24, 2.45) is 0 Å². The fourth-order valence-electron chi connectivity index (χ4n) is 2.89. The molecule has 0 aliphatic rings. The van der Waals surface area contributed by atoms with E-state index in [-0.39, 0.29) is 0 Å². The Morgan fingerprint density at radius 3 is 1.67 bits per heavy atom. The normalized spacial score (nSPS) is 11.9. The summed E-state index contributed by atoms with van der Waals surface area (Å²) in [6.07, 6.45) is 7.49. The number of rotatable bonds is 16. The van der Waals surface area contributed by atoms with Crippen molar-refractivity contribution in [1.29, 1.82) is 0 Å². The minimum Gasteiger partial charge on any atom is -0.373 e. The minimum atomic E-state index is -2.60. The lowest BCUT2D eigenvalue weighted by atomic mass is 10.1. The summed E-state index contributed by atoms with van der Waals surface area (Å²) < 4.78 is 44.7. The molecule has 0 aliphatic heterocycles. The summed E-state index contributed by atoms with van der Waals surface area (Å²) in [6.45, 7) is 8.29. The molecule has 27 heavy (non-hydrogen) atoms. The van der Waals surface area contributed by atoms with E-state index in [4.69, 9.17) is 13.3 Å². The molecule has 0 fully saturated rings. The van der Waals surface area contributed by atoms with Crippen molar-refractivity contribution in [2.45, 2.75) is 78.2 Å². The maximum absolute atomic E-state index is 13.2. The molecule has 156 valence electrons. The van der Waals surface area contributed by atoms with E-state index in [2.05, 4.69) is 20.8 Å². The summed E-state index contributed by atoms with van der Waals surface area (Å²) in [7, 11) is -2.60. The fourth-order valence-corrected chi connectivity index (χ4v) is 5.81. The van der Waals surface area contributed by atoms with Crippen LogP contribution in [0.5, 0.6) is 0 Å². The smallest absolute Gasteiger partial charge is 0.373 e. The van der Waals surface area contributed by atoms with Crippen molar-refractivity contribution in [3.63, 3.8) is 0 Å². The zero-order valence-electron chi connectivity index (χ0n) is 17.2. The minimum absolute atomic E-state index is 0.505. The standard InChI is InChI=1S/C21H36F2O3Si/c1-4-12-24-27(25-13-5-2,26-14-6-3)15-10-8-7-9-11-19-16-20(22)18-21(23)17-19/h16-18H,4-15H2,1-3H3. The van der Waals surface area contributed by atoms with Gasteiger partial charge in [0, 0.05) is 31.9 Å². The van der Waals surface area contributed by atoms with Crippen molar-refractivity contribution < 1.29 is 22.1 Å². The van der Waals surface area contributed by atoms with Gasteiger partial charge in [0.15, 0.2) is 0 Å². The Balaban J connectivity index is 2.41. The third-order valence-electron chi connectivity index (χ3n) is 4.20. The van der Waals surface area contributed by atoms with Gasteiger partial charge in [0.05, 0.1) is 0 Å². The Morgan fingerprint density at radius 2 is 1.19 bits per heavy atom. The second kappa shape index (κ2) is 14.2. The number of hydrogen-bond acceptors (Lipinski definition) is 3. The van der Waals surface area contributed by atoms with E-state index in [1.165, 1.54) is 12.1 Å².